The lowest BCUT2D eigenvalue weighted by molar-refractivity contribution is 0.0728. The second kappa shape index (κ2) is 13.9. The SMILES string of the molecule is CCCCCCCCCCCCOc1ccc(C(=O)Oc2ccccc2C(C)(C)C)c(O)c1. The van der Waals surface area contributed by atoms with E-state index in [1.54, 1.807) is 18.2 Å². The molecule has 0 saturated carbocycles. The van der Waals surface area contributed by atoms with E-state index in [4.69, 9.17) is 9.47 Å². The average Bonchev–Trinajstić information content (AvgIpc) is 2.77. The van der Waals surface area contributed by atoms with Crippen molar-refractivity contribution >= 4 is 5.97 Å². The van der Waals surface area contributed by atoms with Gasteiger partial charge in [-0.25, -0.2) is 4.79 Å². The second-order valence-electron chi connectivity index (χ2n) is 9.85. The molecule has 0 aliphatic carbocycles. The van der Waals surface area contributed by atoms with Gasteiger partial charge in [0.2, 0.25) is 0 Å². The third kappa shape index (κ3) is 9.49. The van der Waals surface area contributed by atoms with E-state index < -0.39 is 5.97 Å². The summed E-state index contributed by atoms with van der Waals surface area (Å²) in [6, 6.07) is 12.3. The number of para-hydroxylation sites is 1. The molecule has 0 atom stereocenters. The minimum atomic E-state index is -0.578. The van der Waals surface area contributed by atoms with Gasteiger partial charge in [0.15, 0.2) is 0 Å². The summed E-state index contributed by atoms with van der Waals surface area (Å²) in [6.07, 6.45) is 12.8. The van der Waals surface area contributed by atoms with Gasteiger partial charge in [-0.1, -0.05) is 104 Å². The highest BCUT2D eigenvalue weighted by molar-refractivity contribution is 5.94. The Hall–Kier alpha value is -2.49. The summed E-state index contributed by atoms with van der Waals surface area (Å²) >= 11 is 0. The first-order valence-corrected chi connectivity index (χ1v) is 12.6. The number of phenols is 1. The highest BCUT2D eigenvalue weighted by atomic mass is 16.5. The molecule has 2 rings (SSSR count). The number of ether oxygens (including phenoxy) is 2. The molecule has 0 spiro atoms. The molecule has 0 radical (unpaired) electrons. The summed E-state index contributed by atoms with van der Waals surface area (Å²) in [5.41, 5.74) is 0.907. The molecular formula is C29H42O4. The van der Waals surface area contributed by atoms with Crippen molar-refractivity contribution in [1.82, 2.24) is 0 Å². The normalized spacial score (nSPS) is 11.4. The van der Waals surface area contributed by atoms with Gasteiger partial charge in [-0.15, -0.1) is 0 Å². The number of rotatable bonds is 14. The predicted molar refractivity (Wildman–Crippen MR) is 136 cm³/mol. The number of aromatic hydroxyl groups is 1. The van der Waals surface area contributed by atoms with E-state index in [0.29, 0.717) is 18.1 Å². The average molecular weight is 455 g/mol. The minimum Gasteiger partial charge on any atom is -0.507 e. The molecule has 4 heteroatoms. The van der Waals surface area contributed by atoms with Gasteiger partial charge in [-0.3, -0.25) is 0 Å². The first-order chi connectivity index (χ1) is 15.8. The first-order valence-electron chi connectivity index (χ1n) is 12.6. The number of hydrogen-bond acceptors (Lipinski definition) is 4. The van der Waals surface area contributed by atoms with Crippen LogP contribution in [0.5, 0.6) is 17.2 Å². The van der Waals surface area contributed by atoms with Crippen LogP contribution in [0.2, 0.25) is 0 Å². The second-order valence-corrected chi connectivity index (χ2v) is 9.85. The molecule has 0 aromatic heterocycles. The Morgan fingerprint density at radius 2 is 1.45 bits per heavy atom. The molecule has 0 unspecified atom stereocenters. The van der Waals surface area contributed by atoms with Crippen LogP contribution in [0.4, 0.5) is 0 Å². The van der Waals surface area contributed by atoms with Crippen molar-refractivity contribution < 1.29 is 19.4 Å². The molecule has 4 nitrogen and oxygen atoms in total. The van der Waals surface area contributed by atoms with Gasteiger partial charge in [-0.2, -0.15) is 0 Å². The molecule has 0 bridgehead atoms. The zero-order valence-electron chi connectivity index (χ0n) is 21.0. The molecule has 182 valence electrons. The lowest BCUT2D eigenvalue weighted by Crippen LogP contribution is -2.16. The van der Waals surface area contributed by atoms with Gasteiger partial charge < -0.3 is 14.6 Å². The fourth-order valence-electron chi connectivity index (χ4n) is 3.88. The number of carbonyl (C=O) groups excluding carboxylic acids is 1. The van der Waals surface area contributed by atoms with E-state index in [1.165, 1.54) is 57.4 Å². The van der Waals surface area contributed by atoms with Crippen molar-refractivity contribution in [3.05, 3.63) is 53.6 Å². The summed E-state index contributed by atoms with van der Waals surface area (Å²) in [4.78, 5) is 12.7. The Morgan fingerprint density at radius 3 is 2.06 bits per heavy atom. The van der Waals surface area contributed by atoms with E-state index in [2.05, 4.69) is 27.7 Å². The number of carbonyl (C=O) groups is 1. The third-order valence-corrected chi connectivity index (χ3v) is 5.85. The van der Waals surface area contributed by atoms with Crippen LogP contribution < -0.4 is 9.47 Å². The Bertz CT molecular complexity index is 851. The van der Waals surface area contributed by atoms with E-state index in [0.717, 1.165) is 18.4 Å². The molecule has 0 fully saturated rings. The van der Waals surface area contributed by atoms with Crippen molar-refractivity contribution in [1.29, 1.82) is 0 Å². The molecular weight excluding hydrogens is 412 g/mol. The maximum atomic E-state index is 12.7. The van der Waals surface area contributed by atoms with E-state index >= 15 is 0 Å². The van der Waals surface area contributed by atoms with Gasteiger partial charge in [-0.05, 0) is 30.0 Å². The van der Waals surface area contributed by atoms with Crippen LogP contribution in [0.3, 0.4) is 0 Å². The minimum absolute atomic E-state index is 0.130. The molecule has 0 aliphatic rings. The zero-order valence-corrected chi connectivity index (χ0v) is 21.0. The number of unbranched alkanes of at least 4 members (excludes halogenated alkanes) is 9. The summed E-state index contributed by atoms with van der Waals surface area (Å²) in [5.74, 6) is 0.366. The summed E-state index contributed by atoms with van der Waals surface area (Å²) in [6.45, 7) is 9.06. The highest BCUT2D eigenvalue weighted by Gasteiger charge is 2.22. The Kier molecular flexibility index (Phi) is 11.3. The largest absolute Gasteiger partial charge is 0.507 e. The first kappa shape index (κ1) is 26.8. The summed E-state index contributed by atoms with van der Waals surface area (Å²) in [7, 11) is 0. The molecule has 0 saturated heterocycles. The Labute approximate surface area is 200 Å². The van der Waals surface area contributed by atoms with Crippen molar-refractivity contribution in [2.45, 2.75) is 97.3 Å². The lowest BCUT2D eigenvalue weighted by Gasteiger charge is -2.22. The number of phenolic OH excluding ortho intramolecular Hbond substituents is 1. The molecule has 33 heavy (non-hydrogen) atoms. The van der Waals surface area contributed by atoms with Crippen molar-refractivity contribution in [2.24, 2.45) is 0 Å². The quantitative estimate of drug-likeness (QED) is 0.177. The smallest absolute Gasteiger partial charge is 0.347 e. The Morgan fingerprint density at radius 1 is 0.848 bits per heavy atom. The Balaban J connectivity index is 1.75. The summed E-state index contributed by atoms with van der Waals surface area (Å²) < 4.78 is 11.4. The maximum absolute atomic E-state index is 12.7. The topological polar surface area (TPSA) is 55.8 Å². The van der Waals surface area contributed by atoms with E-state index in [-0.39, 0.29) is 16.7 Å². The molecule has 2 aromatic carbocycles. The lowest BCUT2D eigenvalue weighted by atomic mass is 9.86. The van der Waals surface area contributed by atoms with Crippen molar-refractivity contribution in [3.8, 4) is 17.2 Å². The van der Waals surface area contributed by atoms with Crippen LogP contribution in [0.25, 0.3) is 0 Å². The van der Waals surface area contributed by atoms with E-state index in [9.17, 15) is 9.90 Å². The predicted octanol–water partition coefficient (Wildman–Crippen LogP) is 8.21. The standard InChI is InChI=1S/C29H42O4/c1-5-6-7-8-9-10-11-12-13-16-21-32-23-19-20-24(26(30)22-23)28(31)33-27-18-15-14-17-25(27)29(2,3)4/h14-15,17-20,22,30H,5-13,16,21H2,1-4H3. The van der Waals surface area contributed by atoms with Gasteiger partial charge in [0.25, 0.3) is 0 Å². The molecule has 2 aromatic rings. The van der Waals surface area contributed by atoms with E-state index in [1.807, 2.05) is 18.2 Å². The number of hydrogen-bond donors (Lipinski definition) is 1. The molecule has 0 amide bonds. The molecule has 1 N–H and O–H groups in total. The van der Waals surface area contributed by atoms with Gasteiger partial charge in [0, 0.05) is 11.6 Å². The summed E-state index contributed by atoms with van der Waals surface area (Å²) in [5, 5.41) is 10.4. The van der Waals surface area contributed by atoms with Crippen LogP contribution in [0, 0.1) is 0 Å². The van der Waals surface area contributed by atoms with Gasteiger partial charge in [0.05, 0.1) is 6.61 Å². The fourth-order valence-corrected chi connectivity index (χ4v) is 3.88. The van der Waals surface area contributed by atoms with Crippen LogP contribution >= 0.6 is 0 Å². The molecule has 0 heterocycles. The molecule has 0 aliphatic heterocycles. The maximum Gasteiger partial charge on any atom is 0.347 e. The monoisotopic (exact) mass is 454 g/mol. The number of esters is 1. The number of benzene rings is 2. The van der Waals surface area contributed by atoms with Crippen molar-refractivity contribution in [3.63, 3.8) is 0 Å². The van der Waals surface area contributed by atoms with Crippen molar-refractivity contribution in [2.75, 3.05) is 6.61 Å². The van der Waals surface area contributed by atoms with Crippen LogP contribution in [-0.4, -0.2) is 17.7 Å². The van der Waals surface area contributed by atoms with Gasteiger partial charge >= 0.3 is 5.97 Å². The van der Waals surface area contributed by atoms with Crippen LogP contribution in [-0.2, 0) is 5.41 Å². The third-order valence-electron chi connectivity index (χ3n) is 5.85. The zero-order chi connectivity index (χ0) is 24.1. The fraction of sp³-hybridized carbons (Fsp3) is 0.552. The van der Waals surface area contributed by atoms with Gasteiger partial charge in [0.1, 0.15) is 22.8 Å². The highest BCUT2D eigenvalue weighted by Crippen LogP contribution is 2.32. The van der Waals surface area contributed by atoms with Crippen LogP contribution in [0.15, 0.2) is 42.5 Å². The van der Waals surface area contributed by atoms with Crippen LogP contribution in [0.1, 0.15) is 108 Å².